The molecule has 42 valence electrons. The van der Waals surface area contributed by atoms with Crippen LogP contribution in [-0.4, -0.2) is 0 Å². The summed E-state index contributed by atoms with van der Waals surface area (Å²) in [7, 11) is 0. The van der Waals surface area contributed by atoms with Gasteiger partial charge in [0.25, 0.3) is 0 Å². The zero-order valence-corrected chi connectivity index (χ0v) is 4.89. The molecule has 1 aromatic carbocycles. The summed E-state index contributed by atoms with van der Waals surface area (Å²) in [4.78, 5) is 0. The Labute approximate surface area is 49.1 Å². The Morgan fingerprint density at radius 1 is 1.12 bits per heavy atom. The first-order valence-electron chi connectivity index (χ1n) is 2.61. The van der Waals surface area contributed by atoms with Crippen molar-refractivity contribution in [2.24, 2.45) is 0 Å². The van der Waals surface area contributed by atoms with Crippen LogP contribution in [0.2, 0.25) is 0 Å². The van der Waals surface area contributed by atoms with Crippen LogP contribution >= 0.6 is 0 Å². The molecule has 0 spiro atoms. The molecule has 0 radical (unpaired) electrons. The Bertz CT molecular complexity index is 143. The van der Waals surface area contributed by atoms with Crippen molar-refractivity contribution in [1.29, 1.82) is 0 Å². The molecule has 0 fully saturated rings. The molecule has 0 bridgehead atoms. The highest BCUT2D eigenvalue weighted by atomic mass is 15.0. The molecule has 1 nitrogen and oxygen atoms in total. The fourth-order valence-electron chi connectivity index (χ4n) is 0.566. The van der Waals surface area contributed by atoms with Crippen LogP contribution in [0.4, 0.5) is 5.69 Å². The van der Waals surface area contributed by atoms with E-state index in [-0.39, 0.29) is 0 Å². The van der Waals surface area contributed by atoms with E-state index in [1.54, 1.807) is 0 Å². The molecule has 0 saturated carbocycles. The van der Waals surface area contributed by atoms with Crippen LogP contribution in [0.5, 0.6) is 0 Å². The third kappa shape index (κ3) is 0.997. The maximum atomic E-state index is 5.43. The van der Waals surface area contributed by atoms with Crippen molar-refractivity contribution in [3.63, 3.8) is 0 Å². The predicted octanol–water partition coefficient (Wildman–Crippen LogP) is 1.58. The van der Waals surface area contributed by atoms with Gasteiger partial charge in [0.05, 0.1) is 0 Å². The lowest BCUT2D eigenvalue weighted by Gasteiger charge is -1.90. The Kier molecular flexibility index (Phi) is 1.20. The summed E-state index contributed by atoms with van der Waals surface area (Å²) in [5, 5.41) is 0. The molecular weight excluding hydrogens is 104 g/mol. The van der Waals surface area contributed by atoms with Gasteiger partial charge in [-0.25, -0.2) is 0 Å². The SMILES string of the molecule is C[13c]1[13cH][13cH][13c](N)[13cH][13cH]1. The second-order valence-electron chi connectivity index (χ2n) is 1.91. The van der Waals surface area contributed by atoms with Gasteiger partial charge in [0.15, 0.2) is 0 Å². The second kappa shape index (κ2) is 1.86. The number of nitrogens with two attached hydrogens (primary N) is 1. The third-order valence-electron chi connectivity index (χ3n) is 1.08. The van der Waals surface area contributed by atoms with Crippen LogP contribution in [0.3, 0.4) is 0 Å². The maximum Gasteiger partial charge on any atom is 0.0314 e. The zero-order valence-electron chi connectivity index (χ0n) is 4.89. The summed E-state index contributed by atoms with van der Waals surface area (Å²) in [6, 6.07) is 7.79. The molecule has 0 unspecified atom stereocenters. The molecule has 0 aliphatic heterocycles. The molecule has 1 rings (SSSR count). The van der Waals surface area contributed by atoms with Gasteiger partial charge in [-0.3, -0.25) is 0 Å². The largest absolute Gasteiger partial charge is 0.399 e. The zero-order chi connectivity index (χ0) is 5.98. The summed E-state index contributed by atoms with van der Waals surface area (Å²) in [6.45, 7) is 2.04. The topological polar surface area (TPSA) is 26.0 Å². The minimum Gasteiger partial charge on any atom is -0.399 e. The van der Waals surface area contributed by atoms with Gasteiger partial charge in [-0.2, -0.15) is 0 Å². The standard InChI is InChI=1S/C7H9N/c1-6-2-4-7(8)5-3-6/h2-5H,8H2,1H3/i2+1,3+1,4+1,5+1,6+1,7+1. The van der Waals surface area contributed by atoms with Gasteiger partial charge in [0, 0.05) is 5.69 Å². The monoisotopic (exact) mass is 113 g/mol. The van der Waals surface area contributed by atoms with Crippen molar-refractivity contribution >= 4 is 5.69 Å². The van der Waals surface area contributed by atoms with Crippen LogP contribution in [0.15, 0.2) is 24.3 Å². The minimum atomic E-state index is 0.829. The normalized spacial score (nSPS) is 9.12. The smallest absolute Gasteiger partial charge is 0.0314 e. The van der Waals surface area contributed by atoms with Gasteiger partial charge >= 0.3 is 0 Å². The summed E-state index contributed by atoms with van der Waals surface area (Å²) in [6.07, 6.45) is 0. The molecular formula is C7H9N. The van der Waals surface area contributed by atoms with Crippen molar-refractivity contribution in [3.8, 4) is 0 Å². The maximum absolute atomic E-state index is 5.43. The van der Waals surface area contributed by atoms with Gasteiger partial charge < -0.3 is 5.73 Å². The van der Waals surface area contributed by atoms with Crippen LogP contribution in [-0.2, 0) is 0 Å². The quantitative estimate of drug-likeness (QED) is 0.508. The number of rotatable bonds is 0. The first-order chi connectivity index (χ1) is 3.79. The Hall–Kier alpha value is -0.980. The van der Waals surface area contributed by atoms with E-state index in [2.05, 4.69) is 0 Å². The van der Waals surface area contributed by atoms with E-state index in [4.69, 9.17) is 5.73 Å². The molecule has 2 N–H and O–H groups in total. The molecule has 0 atom stereocenters. The van der Waals surface area contributed by atoms with Crippen LogP contribution in [0.25, 0.3) is 0 Å². The second-order valence-corrected chi connectivity index (χ2v) is 1.91. The molecule has 0 aliphatic carbocycles. The van der Waals surface area contributed by atoms with Gasteiger partial charge in [-0.05, 0) is 19.1 Å². The fourth-order valence-corrected chi connectivity index (χ4v) is 0.566. The molecule has 8 heavy (non-hydrogen) atoms. The van der Waals surface area contributed by atoms with Gasteiger partial charge in [0.2, 0.25) is 0 Å². The summed E-state index contributed by atoms with van der Waals surface area (Å²) >= 11 is 0. The van der Waals surface area contributed by atoms with Crippen molar-refractivity contribution in [2.75, 3.05) is 5.73 Å². The Morgan fingerprint density at radius 2 is 1.62 bits per heavy atom. The van der Waals surface area contributed by atoms with Crippen LogP contribution in [0, 0.1) is 6.92 Å². The number of aryl methyl sites for hydroxylation is 1. The molecule has 1 aromatic rings. The molecule has 0 saturated heterocycles. The van der Waals surface area contributed by atoms with Crippen molar-refractivity contribution in [3.05, 3.63) is 29.8 Å². The highest BCUT2D eigenvalue weighted by Crippen LogP contribution is 2.02. The summed E-state index contributed by atoms with van der Waals surface area (Å²) in [5.41, 5.74) is 7.51. The lowest BCUT2D eigenvalue weighted by Crippen LogP contribution is -1.81. The predicted molar refractivity (Wildman–Crippen MR) is 35.6 cm³/mol. The Balaban J connectivity index is 3.03. The van der Waals surface area contributed by atoms with Crippen LogP contribution in [0.1, 0.15) is 5.56 Å². The number of benzene rings is 1. The third-order valence-corrected chi connectivity index (χ3v) is 1.08. The molecule has 0 aromatic heterocycles. The van der Waals surface area contributed by atoms with Crippen molar-refractivity contribution in [1.82, 2.24) is 0 Å². The number of anilines is 1. The Morgan fingerprint density at radius 3 is 2.00 bits per heavy atom. The number of hydrogen-bond acceptors (Lipinski definition) is 1. The number of nitrogen functional groups attached to an aromatic ring is 1. The van der Waals surface area contributed by atoms with E-state index in [0.717, 1.165) is 5.69 Å². The van der Waals surface area contributed by atoms with E-state index in [0.29, 0.717) is 0 Å². The lowest BCUT2D eigenvalue weighted by atomic mass is 11.0. The van der Waals surface area contributed by atoms with E-state index in [1.165, 1.54) is 5.56 Å². The van der Waals surface area contributed by atoms with Crippen molar-refractivity contribution in [2.45, 2.75) is 6.92 Å². The molecule has 0 heterocycles. The van der Waals surface area contributed by atoms with Gasteiger partial charge in [-0.1, -0.05) is 17.7 Å². The summed E-state index contributed by atoms with van der Waals surface area (Å²) in [5.74, 6) is 0. The van der Waals surface area contributed by atoms with E-state index in [9.17, 15) is 0 Å². The molecule has 1 heteroatoms. The highest BCUT2D eigenvalue weighted by Gasteiger charge is 1.80. The first-order valence-corrected chi connectivity index (χ1v) is 2.61. The highest BCUT2D eigenvalue weighted by molar-refractivity contribution is 5.38. The fraction of sp³-hybridized carbons (Fsp3) is 0.143. The average molecular weight is 113 g/mol. The average Bonchev–Trinajstić information content (AvgIpc) is 1.77. The van der Waals surface area contributed by atoms with Gasteiger partial charge in [-0.15, -0.1) is 0 Å². The van der Waals surface area contributed by atoms with E-state index in [1.807, 2.05) is 31.2 Å². The first kappa shape index (κ1) is 5.16. The summed E-state index contributed by atoms with van der Waals surface area (Å²) < 4.78 is 0. The van der Waals surface area contributed by atoms with E-state index >= 15 is 0 Å². The lowest BCUT2D eigenvalue weighted by molar-refractivity contribution is 1.47. The number of hydrogen-bond donors (Lipinski definition) is 1. The van der Waals surface area contributed by atoms with Crippen LogP contribution < -0.4 is 5.73 Å². The minimum absolute atomic E-state index is 0.829. The van der Waals surface area contributed by atoms with Crippen molar-refractivity contribution < 1.29 is 0 Å². The van der Waals surface area contributed by atoms with E-state index < -0.39 is 0 Å². The molecule has 0 aliphatic rings. The molecule has 0 amide bonds. The van der Waals surface area contributed by atoms with Gasteiger partial charge in [0.1, 0.15) is 0 Å².